The fourth-order valence-electron chi connectivity index (χ4n) is 3.82. The van der Waals surface area contributed by atoms with Crippen LogP contribution in [0.1, 0.15) is 29.3 Å². The van der Waals surface area contributed by atoms with Gasteiger partial charge in [0.1, 0.15) is 18.1 Å². The predicted octanol–water partition coefficient (Wildman–Crippen LogP) is 3.03. The fourth-order valence-corrected chi connectivity index (χ4v) is 3.82. The van der Waals surface area contributed by atoms with Crippen molar-refractivity contribution in [1.82, 2.24) is 14.9 Å². The number of carbonyl (C=O) groups is 1. The van der Waals surface area contributed by atoms with Crippen molar-refractivity contribution in [2.45, 2.75) is 32.4 Å². The van der Waals surface area contributed by atoms with Crippen LogP contribution in [0.2, 0.25) is 0 Å². The summed E-state index contributed by atoms with van der Waals surface area (Å²) in [5, 5.41) is 3.08. The molecule has 1 aromatic heterocycles. The second kappa shape index (κ2) is 7.91. The quantitative estimate of drug-likeness (QED) is 0.728. The Bertz CT molecular complexity index is 1100. The number of aromatic nitrogens is 2. The van der Waals surface area contributed by atoms with Gasteiger partial charge in [-0.2, -0.15) is 0 Å². The molecule has 6 heteroatoms. The molecule has 148 valence electrons. The Morgan fingerprint density at radius 3 is 2.72 bits per heavy atom. The van der Waals surface area contributed by atoms with Crippen LogP contribution >= 0.6 is 0 Å². The molecule has 3 aromatic rings. The summed E-state index contributed by atoms with van der Waals surface area (Å²) in [5.74, 6) is 0.988. The zero-order valence-electron chi connectivity index (χ0n) is 16.5. The van der Waals surface area contributed by atoms with Crippen LogP contribution in [0.15, 0.2) is 59.4 Å². The highest BCUT2D eigenvalue weighted by atomic mass is 16.5. The summed E-state index contributed by atoms with van der Waals surface area (Å²) < 4.78 is 6.62. The third-order valence-electron chi connectivity index (χ3n) is 5.25. The van der Waals surface area contributed by atoms with Crippen LogP contribution in [0, 0.1) is 6.92 Å². The van der Waals surface area contributed by atoms with Gasteiger partial charge in [0.05, 0.1) is 13.2 Å². The van der Waals surface area contributed by atoms with Gasteiger partial charge >= 0.3 is 0 Å². The Hall–Kier alpha value is -3.41. The molecule has 0 radical (unpaired) electrons. The maximum atomic E-state index is 12.8. The van der Waals surface area contributed by atoms with E-state index in [4.69, 9.17) is 4.74 Å². The topological polar surface area (TPSA) is 73.2 Å². The molecule has 1 heterocycles. The molecule has 0 saturated carbocycles. The lowest BCUT2D eigenvalue weighted by Crippen LogP contribution is -2.35. The van der Waals surface area contributed by atoms with Gasteiger partial charge in [0.15, 0.2) is 0 Å². The molecule has 6 nitrogen and oxygen atoms in total. The van der Waals surface area contributed by atoms with E-state index in [0.717, 1.165) is 24.0 Å². The minimum Gasteiger partial charge on any atom is -0.497 e. The predicted molar refractivity (Wildman–Crippen MR) is 111 cm³/mol. The van der Waals surface area contributed by atoms with E-state index in [9.17, 15) is 9.59 Å². The Morgan fingerprint density at radius 2 is 1.97 bits per heavy atom. The number of nitrogens with zero attached hydrogens (tertiary/aromatic N) is 2. The van der Waals surface area contributed by atoms with Gasteiger partial charge in [-0.1, -0.05) is 24.3 Å². The van der Waals surface area contributed by atoms with Crippen molar-refractivity contribution in [3.05, 3.63) is 81.8 Å². The molecule has 1 atom stereocenters. The molecule has 1 aliphatic rings. The summed E-state index contributed by atoms with van der Waals surface area (Å²) in [6, 6.07) is 16.9. The summed E-state index contributed by atoms with van der Waals surface area (Å²) in [6.07, 6.45) is 1.82. The number of carbonyl (C=O) groups excluding carboxylic acids is 1. The van der Waals surface area contributed by atoms with Gasteiger partial charge in [-0.15, -0.1) is 0 Å². The Labute approximate surface area is 169 Å². The average Bonchev–Trinajstić information content (AvgIpc) is 3.13. The lowest BCUT2D eigenvalue weighted by atomic mass is 10.1. The molecule has 0 fully saturated rings. The van der Waals surface area contributed by atoms with E-state index in [-0.39, 0.29) is 24.1 Å². The number of benzene rings is 2. The lowest BCUT2D eigenvalue weighted by Gasteiger charge is -2.17. The van der Waals surface area contributed by atoms with E-state index in [2.05, 4.69) is 22.4 Å². The highest BCUT2D eigenvalue weighted by Gasteiger charge is 2.24. The summed E-state index contributed by atoms with van der Waals surface area (Å²) in [5.41, 5.74) is 3.55. The van der Waals surface area contributed by atoms with Gasteiger partial charge in [-0.3, -0.25) is 14.2 Å². The first-order valence-corrected chi connectivity index (χ1v) is 9.65. The van der Waals surface area contributed by atoms with Gasteiger partial charge in [0, 0.05) is 17.3 Å². The molecular formula is C23H23N3O3. The Balaban J connectivity index is 1.60. The van der Waals surface area contributed by atoms with Crippen molar-refractivity contribution < 1.29 is 9.53 Å². The number of fused-ring (bicyclic) bond motifs is 1. The summed E-state index contributed by atoms with van der Waals surface area (Å²) in [4.78, 5) is 30.0. The van der Waals surface area contributed by atoms with Crippen molar-refractivity contribution >= 4 is 5.91 Å². The number of ether oxygens (including phenoxy) is 1. The molecule has 4 rings (SSSR count). The zero-order chi connectivity index (χ0) is 20.4. The number of aryl methyl sites for hydroxylation is 2. The lowest BCUT2D eigenvalue weighted by molar-refractivity contribution is -0.122. The first-order valence-electron chi connectivity index (χ1n) is 9.65. The third kappa shape index (κ3) is 3.92. The van der Waals surface area contributed by atoms with Crippen LogP contribution in [0.25, 0.3) is 11.4 Å². The monoisotopic (exact) mass is 389 g/mol. The number of nitrogens with one attached hydrogen (secondary N) is 1. The minimum atomic E-state index is -0.245. The smallest absolute Gasteiger partial charge is 0.254 e. The summed E-state index contributed by atoms with van der Waals surface area (Å²) in [7, 11) is 1.60. The minimum absolute atomic E-state index is 0.0164. The van der Waals surface area contributed by atoms with Gasteiger partial charge in [-0.25, -0.2) is 4.98 Å². The highest BCUT2D eigenvalue weighted by molar-refractivity contribution is 5.77. The van der Waals surface area contributed by atoms with Crippen LogP contribution < -0.4 is 15.6 Å². The SMILES string of the molecule is COc1ccc(-c2nc(C)cc(=O)n2CC(=O)NC2CCc3ccccc32)cc1. The van der Waals surface area contributed by atoms with Crippen LogP contribution in [0.3, 0.4) is 0 Å². The molecule has 0 bridgehead atoms. The molecular weight excluding hydrogens is 366 g/mol. The number of hydrogen-bond donors (Lipinski definition) is 1. The van der Waals surface area contributed by atoms with Crippen molar-refractivity contribution in [3.8, 4) is 17.1 Å². The molecule has 1 N–H and O–H groups in total. The number of amides is 1. The van der Waals surface area contributed by atoms with Crippen molar-refractivity contribution in [3.63, 3.8) is 0 Å². The molecule has 0 aliphatic heterocycles. The van der Waals surface area contributed by atoms with Gasteiger partial charge in [-0.05, 0) is 55.2 Å². The molecule has 29 heavy (non-hydrogen) atoms. The Morgan fingerprint density at radius 1 is 1.21 bits per heavy atom. The van der Waals surface area contributed by atoms with E-state index in [0.29, 0.717) is 17.3 Å². The van der Waals surface area contributed by atoms with Crippen LogP contribution in [-0.4, -0.2) is 22.6 Å². The average molecular weight is 389 g/mol. The van der Waals surface area contributed by atoms with E-state index in [1.54, 1.807) is 14.0 Å². The zero-order valence-corrected chi connectivity index (χ0v) is 16.5. The molecule has 0 saturated heterocycles. The summed E-state index contributed by atoms with van der Waals surface area (Å²) in [6.45, 7) is 1.69. The van der Waals surface area contributed by atoms with E-state index in [1.807, 2.05) is 36.4 Å². The van der Waals surface area contributed by atoms with Gasteiger partial charge in [0.2, 0.25) is 5.91 Å². The first-order chi connectivity index (χ1) is 14.0. The van der Waals surface area contributed by atoms with Crippen molar-refractivity contribution in [1.29, 1.82) is 0 Å². The van der Waals surface area contributed by atoms with Crippen LogP contribution in [0.4, 0.5) is 0 Å². The van der Waals surface area contributed by atoms with Gasteiger partial charge < -0.3 is 10.1 Å². The van der Waals surface area contributed by atoms with Crippen molar-refractivity contribution in [2.75, 3.05) is 7.11 Å². The van der Waals surface area contributed by atoms with E-state index < -0.39 is 0 Å². The largest absolute Gasteiger partial charge is 0.497 e. The van der Waals surface area contributed by atoms with E-state index in [1.165, 1.54) is 16.2 Å². The maximum Gasteiger partial charge on any atom is 0.254 e. The van der Waals surface area contributed by atoms with Crippen LogP contribution in [0.5, 0.6) is 5.75 Å². The first kappa shape index (κ1) is 18.9. The standard InChI is InChI=1S/C23H23N3O3/c1-15-13-22(28)26(23(24-15)17-7-10-18(29-2)11-8-17)14-21(27)25-20-12-9-16-5-3-4-6-19(16)20/h3-8,10-11,13,20H,9,12,14H2,1-2H3,(H,25,27). The molecule has 1 unspecified atom stereocenters. The van der Waals surface area contributed by atoms with E-state index >= 15 is 0 Å². The molecule has 1 amide bonds. The number of methoxy groups -OCH3 is 1. The highest BCUT2D eigenvalue weighted by Crippen LogP contribution is 2.30. The number of rotatable bonds is 5. The normalized spacial score (nSPS) is 15.0. The van der Waals surface area contributed by atoms with Crippen molar-refractivity contribution in [2.24, 2.45) is 0 Å². The third-order valence-corrected chi connectivity index (χ3v) is 5.25. The fraction of sp³-hybridized carbons (Fsp3) is 0.261. The molecule has 1 aliphatic carbocycles. The van der Waals surface area contributed by atoms with Crippen LogP contribution in [-0.2, 0) is 17.8 Å². The second-order valence-electron chi connectivity index (χ2n) is 7.23. The molecule has 2 aromatic carbocycles. The Kier molecular flexibility index (Phi) is 5.16. The maximum absolute atomic E-state index is 12.8. The van der Waals surface area contributed by atoms with Gasteiger partial charge in [0.25, 0.3) is 5.56 Å². The number of hydrogen-bond acceptors (Lipinski definition) is 4. The summed E-state index contributed by atoms with van der Waals surface area (Å²) >= 11 is 0. The second-order valence-corrected chi connectivity index (χ2v) is 7.23. The molecule has 0 spiro atoms.